The Hall–Kier alpha value is -2.73. The van der Waals surface area contributed by atoms with Crippen LogP contribution in [-0.2, 0) is 4.79 Å². The summed E-state index contributed by atoms with van der Waals surface area (Å²) in [5, 5.41) is 5.93. The van der Waals surface area contributed by atoms with Gasteiger partial charge >= 0.3 is 0 Å². The van der Waals surface area contributed by atoms with Gasteiger partial charge in [0, 0.05) is 11.8 Å². The Kier molecular flexibility index (Phi) is 5.86. The van der Waals surface area contributed by atoms with Gasteiger partial charge in [-0.2, -0.15) is 0 Å². The lowest BCUT2D eigenvalue weighted by atomic mass is 10.0. The van der Waals surface area contributed by atoms with Crippen molar-refractivity contribution in [1.82, 2.24) is 5.32 Å². The number of hydrogen-bond acceptors (Lipinski definition) is 4. The van der Waals surface area contributed by atoms with Gasteiger partial charge in [-0.25, -0.2) is 0 Å². The average Bonchev–Trinajstić information content (AvgIpc) is 2.65. The lowest BCUT2D eigenvalue weighted by Gasteiger charge is -2.23. The topological polar surface area (TPSA) is 76.7 Å². The molecule has 1 heterocycles. The number of rotatable bonds is 5. The highest BCUT2D eigenvalue weighted by molar-refractivity contribution is 6.33. The van der Waals surface area contributed by atoms with Crippen LogP contribution in [0.15, 0.2) is 42.5 Å². The van der Waals surface area contributed by atoms with Crippen LogP contribution in [0.4, 0.5) is 5.69 Å². The molecule has 1 aliphatic rings. The standard InChI is InChI=1S/C20H21ClN2O4/c1-12(2)18(23-19(24)14-5-3-4-6-15(14)21)20(25)22-13-7-8-16-17(11-13)27-10-9-26-16/h3-8,11-12,18H,9-10H2,1-2H3,(H,22,25)(H,23,24). The van der Waals surface area contributed by atoms with E-state index in [4.69, 9.17) is 21.1 Å². The van der Waals surface area contributed by atoms with Gasteiger partial charge in [-0.3, -0.25) is 9.59 Å². The minimum atomic E-state index is -0.720. The maximum absolute atomic E-state index is 12.7. The Morgan fingerprint density at radius 3 is 2.44 bits per heavy atom. The van der Waals surface area contributed by atoms with E-state index in [1.807, 2.05) is 13.8 Å². The molecule has 7 heteroatoms. The number of nitrogens with one attached hydrogen (secondary N) is 2. The van der Waals surface area contributed by atoms with Crippen molar-refractivity contribution in [2.75, 3.05) is 18.5 Å². The smallest absolute Gasteiger partial charge is 0.253 e. The van der Waals surface area contributed by atoms with Crippen LogP contribution in [0.5, 0.6) is 11.5 Å². The molecule has 2 aromatic rings. The van der Waals surface area contributed by atoms with Crippen molar-refractivity contribution in [2.45, 2.75) is 19.9 Å². The molecule has 0 bridgehead atoms. The highest BCUT2D eigenvalue weighted by Crippen LogP contribution is 2.32. The number of halogens is 1. The summed E-state index contributed by atoms with van der Waals surface area (Å²) >= 11 is 6.07. The van der Waals surface area contributed by atoms with E-state index in [1.165, 1.54) is 0 Å². The van der Waals surface area contributed by atoms with Gasteiger partial charge < -0.3 is 20.1 Å². The van der Waals surface area contributed by atoms with Crippen LogP contribution in [0.25, 0.3) is 0 Å². The third kappa shape index (κ3) is 4.52. The van der Waals surface area contributed by atoms with Crippen LogP contribution >= 0.6 is 11.6 Å². The zero-order valence-electron chi connectivity index (χ0n) is 15.1. The molecule has 0 aromatic heterocycles. The number of carbonyl (C=O) groups excluding carboxylic acids is 2. The molecule has 6 nitrogen and oxygen atoms in total. The monoisotopic (exact) mass is 388 g/mol. The van der Waals surface area contributed by atoms with Gasteiger partial charge in [0.05, 0.1) is 10.6 Å². The van der Waals surface area contributed by atoms with Gasteiger partial charge in [0.25, 0.3) is 5.91 Å². The molecule has 2 amide bonds. The molecule has 0 radical (unpaired) electrons. The summed E-state index contributed by atoms with van der Waals surface area (Å²) in [6.45, 7) is 4.69. The molecule has 0 saturated heterocycles. The van der Waals surface area contributed by atoms with E-state index in [9.17, 15) is 9.59 Å². The van der Waals surface area contributed by atoms with Crippen LogP contribution in [-0.4, -0.2) is 31.1 Å². The van der Waals surface area contributed by atoms with E-state index in [-0.39, 0.29) is 11.8 Å². The quantitative estimate of drug-likeness (QED) is 0.821. The van der Waals surface area contributed by atoms with Crippen LogP contribution < -0.4 is 20.1 Å². The SMILES string of the molecule is CC(C)C(NC(=O)c1ccccc1Cl)C(=O)Nc1ccc2c(c1)OCCO2. The summed E-state index contributed by atoms with van der Waals surface area (Å²) in [5.41, 5.74) is 0.902. The fourth-order valence-electron chi connectivity index (χ4n) is 2.74. The average molecular weight is 389 g/mol. The molecule has 142 valence electrons. The summed E-state index contributed by atoms with van der Waals surface area (Å²) in [7, 11) is 0. The highest BCUT2D eigenvalue weighted by Gasteiger charge is 2.26. The molecule has 2 aromatic carbocycles. The van der Waals surface area contributed by atoms with Gasteiger partial charge in [-0.1, -0.05) is 37.6 Å². The molecule has 0 aliphatic carbocycles. The lowest BCUT2D eigenvalue weighted by Crippen LogP contribution is -2.47. The largest absolute Gasteiger partial charge is 0.486 e. The fourth-order valence-corrected chi connectivity index (χ4v) is 2.96. The molecule has 1 atom stereocenters. The van der Waals surface area contributed by atoms with E-state index in [2.05, 4.69) is 10.6 Å². The summed E-state index contributed by atoms with van der Waals surface area (Å²) in [5.74, 6) is 0.402. The Balaban J connectivity index is 1.72. The first kappa shape index (κ1) is 19.0. The Morgan fingerprint density at radius 1 is 1.04 bits per heavy atom. The molecule has 0 fully saturated rings. The van der Waals surface area contributed by atoms with Crippen LogP contribution in [0, 0.1) is 5.92 Å². The number of fused-ring (bicyclic) bond motifs is 1. The summed E-state index contributed by atoms with van der Waals surface area (Å²) in [6, 6.07) is 11.2. The zero-order valence-corrected chi connectivity index (χ0v) is 15.9. The van der Waals surface area contributed by atoms with Crippen molar-refractivity contribution >= 4 is 29.1 Å². The van der Waals surface area contributed by atoms with E-state index < -0.39 is 11.9 Å². The molecule has 27 heavy (non-hydrogen) atoms. The van der Waals surface area contributed by atoms with Crippen molar-refractivity contribution in [3.63, 3.8) is 0 Å². The number of carbonyl (C=O) groups is 2. The normalized spacial score (nSPS) is 13.8. The first-order chi connectivity index (χ1) is 13.0. The second-order valence-electron chi connectivity index (χ2n) is 6.52. The maximum Gasteiger partial charge on any atom is 0.253 e. The van der Waals surface area contributed by atoms with Crippen molar-refractivity contribution in [3.8, 4) is 11.5 Å². The summed E-state index contributed by atoms with van der Waals surface area (Å²) in [6.07, 6.45) is 0. The van der Waals surface area contributed by atoms with Gasteiger partial charge in [-0.15, -0.1) is 0 Å². The molecule has 0 spiro atoms. The fraction of sp³-hybridized carbons (Fsp3) is 0.300. The number of ether oxygens (including phenoxy) is 2. The van der Waals surface area contributed by atoms with E-state index in [1.54, 1.807) is 42.5 Å². The second kappa shape index (κ2) is 8.31. The van der Waals surface area contributed by atoms with Gasteiger partial charge in [0.2, 0.25) is 5.91 Å². The zero-order chi connectivity index (χ0) is 19.4. The number of hydrogen-bond donors (Lipinski definition) is 2. The van der Waals surface area contributed by atoms with Crippen LogP contribution in [0.1, 0.15) is 24.2 Å². The molecule has 0 saturated carbocycles. The van der Waals surface area contributed by atoms with Crippen molar-refractivity contribution in [2.24, 2.45) is 5.92 Å². The second-order valence-corrected chi connectivity index (χ2v) is 6.93. The Morgan fingerprint density at radius 2 is 1.74 bits per heavy atom. The van der Waals surface area contributed by atoms with Crippen LogP contribution in [0.2, 0.25) is 5.02 Å². The van der Waals surface area contributed by atoms with Crippen molar-refractivity contribution < 1.29 is 19.1 Å². The highest BCUT2D eigenvalue weighted by atomic mass is 35.5. The molecule has 3 rings (SSSR count). The van der Waals surface area contributed by atoms with E-state index >= 15 is 0 Å². The first-order valence-electron chi connectivity index (χ1n) is 8.71. The van der Waals surface area contributed by atoms with E-state index in [0.717, 1.165) is 0 Å². The third-order valence-corrected chi connectivity index (χ3v) is 4.49. The van der Waals surface area contributed by atoms with Gasteiger partial charge in [0.15, 0.2) is 11.5 Å². The first-order valence-corrected chi connectivity index (χ1v) is 9.09. The van der Waals surface area contributed by atoms with E-state index in [0.29, 0.717) is 41.0 Å². The predicted octanol–water partition coefficient (Wildman–Crippen LogP) is 3.50. The Labute approximate surface area is 162 Å². The third-order valence-electron chi connectivity index (χ3n) is 4.16. The molecule has 2 N–H and O–H groups in total. The minimum Gasteiger partial charge on any atom is -0.486 e. The molecular formula is C20H21ClN2O4. The lowest BCUT2D eigenvalue weighted by molar-refractivity contribution is -0.118. The predicted molar refractivity (Wildman–Crippen MR) is 104 cm³/mol. The number of anilines is 1. The molecule has 1 aliphatic heterocycles. The summed E-state index contributed by atoms with van der Waals surface area (Å²) < 4.78 is 11.0. The maximum atomic E-state index is 12.7. The molecular weight excluding hydrogens is 368 g/mol. The van der Waals surface area contributed by atoms with Crippen molar-refractivity contribution in [3.05, 3.63) is 53.1 Å². The van der Waals surface area contributed by atoms with Gasteiger partial charge in [0.1, 0.15) is 19.3 Å². The number of benzene rings is 2. The number of amides is 2. The minimum absolute atomic E-state index is 0.117. The Bertz CT molecular complexity index is 854. The van der Waals surface area contributed by atoms with Gasteiger partial charge in [-0.05, 0) is 30.2 Å². The van der Waals surface area contributed by atoms with Crippen molar-refractivity contribution in [1.29, 1.82) is 0 Å². The summed E-state index contributed by atoms with van der Waals surface area (Å²) in [4.78, 5) is 25.3. The molecule has 1 unspecified atom stereocenters. The van der Waals surface area contributed by atoms with Crippen LogP contribution in [0.3, 0.4) is 0 Å².